The van der Waals surface area contributed by atoms with E-state index in [2.05, 4.69) is 5.32 Å². The van der Waals surface area contributed by atoms with E-state index in [1.54, 1.807) is 11.9 Å². The van der Waals surface area contributed by atoms with Crippen molar-refractivity contribution in [1.29, 1.82) is 0 Å². The lowest BCUT2D eigenvalue weighted by Crippen LogP contribution is -2.40. The Bertz CT molecular complexity index is 483. The highest BCUT2D eigenvalue weighted by Crippen LogP contribution is 2.37. The molecule has 0 saturated carbocycles. The van der Waals surface area contributed by atoms with Gasteiger partial charge in [0.1, 0.15) is 0 Å². The number of amides is 1. The van der Waals surface area contributed by atoms with Gasteiger partial charge in [0, 0.05) is 18.6 Å². The molecule has 1 heterocycles. The third-order valence-corrected chi connectivity index (χ3v) is 3.45. The van der Waals surface area contributed by atoms with Gasteiger partial charge in [-0.1, -0.05) is 11.6 Å². The minimum atomic E-state index is -0.410. The number of rotatable bonds is 0. The molecule has 1 aliphatic rings. The summed E-state index contributed by atoms with van der Waals surface area (Å²) in [6, 6.07) is 3.74. The summed E-state index contributed by atoms with van der Waals surface area (Å²) in [7, 11) is 1.80. The standard InChI is InChI=1S/C13H17ClN2O/c1-8-5-9(14)6-10-11(8)15-7-13(2,3)12(17)16(10)4/h5-6,15H,7H2,1-4H3. The third kappa shape index (κ3) is 2.00. The molecule has 0 atom stereocenters. The zero-order chi connectivity index (χ0) is 12.8. The molecule has 0 aromatic heterocycles. The molecule has 2 rings (SSSR count). The van der Waals surface area contributed by atoms with Gasteiger partial charge in [-0.3, -0.25) is 4.79 Å². The molecule has 1 aliphatic heterocycles. The van der Waals surface area contributed by atoms with Crippen LogP contribution in [-0.2, 0) is 4.79 Å². The number of fused-ring (bicyclic) bond motifs is 1. The molecular formula is C13H17ClN2O. The van der Waals surface area contributed by atoms with E-state index in [0.717, 1.165) is 16.9 Å². The molecular weight excluding hydrogens is 236 g/mol. The van der Waals surface area contributed by atoms with Gasteiger partial charge in [-0.25, -0.2) is 0 Å². The number of carbonyl (C=O) groups excluding carboxylic acids is 1. The SMILES string of the molecule is Cc1cc(Cl)cc2c1NCC(C)(C)C(=O)N2C. The summed E-state index contributed by atoms with van der Waals surface area (Å²) in [6.07, 6.45) is 0. The molecule has 4 heteroatoms. The summed E-state index contributed by atoms with van der Waals surface area (Å²) >= 11 is 6.05. The highest BCUT2D eigenvalue weighted by atomic mass is 35.5. The molecule has 1 N–H and O–H groups in total. The highest BCUT2D eigenvalue weighted by molar-refractivity contribution is 6.31. The fraction of sp³-hybridized carbons (Fsp3) is 0.462. The monoisotopic (exact) mass is 252 g/mol. The van der Waals surface area contributed by atoms with Crippen LogP contribution in [0, 0.1) is 12.3 Å². The van der Waals surface area contributed by atoms with Gasteiger partial charge in [-0.05, 0) is 38.5 Å². The molecule has 1 aromatic rings. The summed E-state index contributed by atoms with van der Waals surface area (Å²) < 4.78 is 0. The van der Waals surface area contributed by atoms with Crippen molar-refractivity contribution in [2.45, 2.75) is 20.8 Å². The van der Waals surface area contributed by atoms with Crippen molar-refractivity contribution in [2.24, 2.45) is 5.41 Å². The maximum atomic E-state index is 12.3. The van der Waals surface area contributed by atoms with Crippen LogP contribution in [0.15, 0.2) is 12.1 Å². The summed E-state index contributed by atoms with van der Waals surface area (Å²) in [5.41, 5.74) is 2.50. The van der Waals surface area contributed by atoms with Crippen LogP contribution in [0.1, 0.15) is 19.4 Å². The summed E-state index contributed by atoms with van der Waals surface area (Å²) in [5, 5.41) is 4.01. The molecule has 0 fully saturated rings. The normalized spacial score (nSPS) is 18.4. The number of aryl methyl sites for hydroxylation is 1. The first-order valence-corrected chi connectivity index (χ1v) is 6.03. The van der Waals surface area contributed by atoms with Crippen LogP contribution in [-0.4, -0.2) is 19.5 Å². The summed E-state index contributed by atoms with van der Waals surface area (Å²) in [6.45, 7) is 6.52. The smallest absolute Gasteiger partial charge is 0.234 e. The lowest BCUT2D eigenvalue weighted by molar-refractivity contribution is -0.125. The van der Waals surface area contributed by atoms with Crippen LogP contribution in [0.25, 0.3) is 0 Å². The zero-order valence-electron chi connectivity index (χ0n) is 10.6. The van der Waals surface area contributed by atoms with Crippen molar-refractivity contribution in [3.8, 4) is 0 Å². The van der Waals surface area contributed by atoms with E-state index in [1.165, 1.54) is 0 Å². The fourth-order valence-electron chi connectivity index (χ4n) is 2.17. The van der Waals surface area contributed by atoms with Crippen LogP contribution < -0.4 is 10.2 Å². The molecule has 3 nitrogen and oxygen atoms in total. The second-order valence-corrected chi connectivity index (χ2v) is 5.65. The van der Waals surface area contributed by atoms with Gasteiger partial charge in [0.05, 0.1) is 16.8 Å². The first-order chi connectivity index (χ1) is 7.83. The molecule has 1 amide bonds. The fourth-order valence-corrected chi connectivity index (χ4v) is 2.44. The largest absolute Gasteiger partial charge is 0.382 e. The van der Waals surface area contributed by atoms with Crippen LogP contribution in [0.3, 0.4) is 0 Å². The van der Waals surface area contributed by atoms with Crippen LogP contribution in [0.4, 0.5) is 11.4 Å². The molecule has 0 spiro atoms. The second kappa shape index (κ2) is 3.91. The molecule has 92 valence electrons. The Morgan fingerprint density at radius 1 is 1.41 bits per heavy atom. The van der Waals surface area contributed by atoms with Crippen molar-refractivity contribution in [2.75, 3.05) is 23.8 Å². The van der Waals surface area contributed by atoms with Gasteiger partial charge in [-0.2, -0.15) is 0 Å². The Morgan fingerprint density at radius 3 is 2.71 bits per heavy atom. The third-order valence-electron chi connectivity index (χ3n) is 3.23. The predicted octanol–water partition coefficient (Wildman–Crippen LogP) is 3.06. The zero-order valence-corrected chi connectivity index (χ0v) is 11.4. The predicted molar refractivity (Wildman–Crippen MR) is 71.9 cm³/mol. The highest BCUT2D eigenvalue weighted by Gasteiger charge is 2.35. The Labute approximate surface area is 107 Å². The van der Waals surface area contributed by atoms with Crippen molar-refractivity contribution in [3.05, 3.63) is 22.7 Å². The molecule has 0 bridgehead atoms. The Morgan fingerprint density at radius 2 is 2.06 bits per heavy atom. The van der Waals surface area contributed by atoms with Crippen molar-refractivity contribution in [1.82, 2.24) is 0 Å². The van der Waals surface area contributed by atoms with E-state index in [-0.39, 0.29) is 5.91 Å². The van der Waals surface area contributed by atoms with Crippen molar-refractivity contribution < 1.29 is 4.79 Å². The topological polar surface area (TPSA) is 32.3 Å². The Kier molecular flexibility index (Phi) is 2.82. The number of hydrogen-bond donors (Lipinski definition) is 1. The van der Waals surface area contributed by atoms with Crippen LogP contribution >= 0.6 is 11.6 Å². The Balaban J connectivity index is 2.59. The van der Waals surface area contributed by atoms with E-state index in [1.807, 2.05) is 32.9 Å². The van der Waals surface area contributed by atoms with Gasteiger partial charge < -0.3 is 10.2 Å². The van der Waals surface area contributed by atoms with Crippen molar-refractivity contribution in [3.63, 3.8) is 0 Å². The minimum absolute atomic E-state index is 0.102. The number of nitrogens with one attached hydrogen (secondary N) is 1. The molecule has 1 aromatic carbocycles. The Hall–Kier alpha value is -1.22. The van der Waals surface area contributed by atoms with Gasteiger partial charge in [0.25, 0.3) is 0 Å². The summed E-state index contributed by atoms with van der Waals surface area (Å²) in [5.74, 6) is 0.102. The molecule has 0 unspecified atom stereocenters. The maximum Gasteiger partial charge on any atom is 0.234 e. The molecule has 17 heavy (non-hydrogen) atoms. The van der Waals surface area contributed by atoms with Crippen molar-refractivity contribution >= 4 is 28.9 Å². The second-order valence-electron chi connectivity index (χ2n) is 5.22. The lowest BCUT2D eigenvalue weighted by atomic mass is 9.92. The quantitative estimate of drug-likeness (QED) is 0.770. The first-order valence-electron chi connectivity index (χ1n) is 5.65. The number of halogens is 1. The van der Waals surface area contributed by atoms with E-state index in [9.17, 15) is 4.79 Å². The number of hydrogen-bond acceptors (Lipinski definition) is 2. The number of carbonyl (C=O) groups is 1. The molecule has 0 saturated heterocycles. The molecule has 0 radical (unpaired) electrons. The van der Waals surface area contributed by atoms with E-state index in [4.69, 9.17) is 11.6 Å². The van der Waals surface area contributed by atoms with E-state index >= 15 is 0 Å². The average molecular weight is 253 g/mol. The van der Waals surface area contributed by atoms with Crippen LogP contribution in [0.2, 0.25) is 5.02 Å². The summed E-state index contributed by atoms with van der Waals surface area (Å²) in [4.78, 5) is 14.0. The van der Waals surface area contributed by atoms with Gasteiger partial charge in [-0.15, -0.1) is 0 Å². The first kappa shape index (κ1) is 12.2. The number of nitrogens with zero attached hydrogens (tertiary/aromatic N) is 1. The lowest BCUT2D eigenvalue weighted by Gasteiger charge is -2.25. The maximum absolute atomic E-state index is 12.3. The van der Waals surface area contributed by atoms with Crippen LogP contribution in [0.5, 0.6) is 0 Å². The van der Waals surface area contributed by atoms with E-state index in [0.29, 0.717) is 11.6 Å². The van der Waals surface area contributed by atoms with Gasteiger partial charge in [0.15, 0.2) is 0 Å². The minimum Gasteiger partial charge on any atom is -0.382 e. The number of anilines is 2. The van der Waals surface area contributed by atoms with Gasteiger partial charge >= 0.3 is 0 Å². The number of benzene rings is 1. The average Bonchev–Trinajstić information content (AvgIpc) is 2.31. The molecule has 0 aliphatic carbocycles. The van der Waals surface area contributed by atoms with E-state index < -0.39 is 5.41 Å². The van der Waals surface area contributed by atoms with Gasteiger partial charge in [0.2, 0.25) is 5.91 Å².